The van der Waals surface area contributed by atoms with Crippen molar-refractivity contribution in [2.75, 3.05) is 6.26 Å². The second-order valence-electron chi connectivity index (χ2n) is 7.50. The number of aromatic nitrogens is 1. The number of allylic oxidation sites excluding steroid dienone is 2. The molecule has 2 aliphatic rings. The molecule has 1 heterocycles. The Bertz CT molecular complexity index is 1020. The Morgan fingerprint density at radius 1 is 1.04 bits per heavy atom. The topological polar surface area (TPSA) is 70.8 Å². The van der Waals surface area contributed by atoms with Crippen LogP contribution < -0.4 is 0 Å². The van der Waals surface area contributed by atoms with Crippen molar-refractivity contribution in [2.24, 2.45) is 5.41 Å². The van der Waals surface area contributed by atoms with Gasteiger partial charge in [0.25, 0.3) is 0 Å². The fourth-order valence-corrected chi connectivity index (χ4v) is 4.75. The van der Waals surface area contributed by atoms with Gasteiger partial charge in [-0.2, -0.15) is 5.26 Å². The molecule has 5 heteroatoms. The first-order chi connectivity index (χ1) is 12.4. The zero-order chi connectivity index (χ0) is 18.4. The Hall–Kier alpha value is -2.45. The summed E-state index contributed by atoms with van der Waals surface area (Å²) in [4.78, 5) is 4.86. The van der Waals surface area contributed by atoms with Crippen LogP contribution in [0.2, 0.25) is 0 Å². The largest absolute Gasteiger partial charge is 0.255 e. The fraction of sp³-hybridized carbons (Fsp3) is 0.333. The van der Waals surface area contributed by atoms with E-state index in [4.69, 9.17) is 5.26 Å². The zero-order valence-corrected chi connectivity index (χ0v) is 15.5. The molecule has 2 aromatic rings. The normalized spacial score (nSPS) is 18.6. The van der Waals surface area contributed by atoms with E-state index in [0.717, 1.165) is 24.1 Å². The third-order valence-electron chi connectivity index (χ3n) is 5.71. The fourth-order valence-electron chi connectivity index (χ4n) is 4.12. The Labute approximate surface area is 154 Å². The molecule has 132 valence electrons. The quantitative estimate of drug-likeness (QED) is 0.817. The van der Waals surface area contributed by atoms with Gasteiger partial charge in [-0.1, -0.05) is 18.6 Å². The first kappa shape index (κ1) is 17.0. The summed E-state index contributed by atoms with van der Waals surface area (Å²) in [6.45, 7) is 0. The van der Waals surface area contributed by atoms with Crippen LogP contribution in [0.25, 0.3) is 11.1 Å². The van der Waals surface area contributed by atoms with Gasteiger partial charge in [-0.05, 0) is 72.1 Å². The van der Waals surface area contributed by atoms with Gasteiger partial charge in [-0.3, -0.25) is 4.98 Å². The van der Waals surface area contributed by atoms with Crippen LogP contribution in [-0.4, -0.2) is 19.7 Å². The minimum absolute atomic E-state index is 0.343. The van der Waals surface area contributed by atoms with Gasteiger partial charge in [-0.15, -0.1) is 0 Å². The van der Waals surface area contributed by atoms with Gasteiger partial charge in [0.15, 0.2) is 9.84 Å². The van der Waals surface area contributed by atoms with Gasteiger partial charge in [0.2, 0.25) is 0 Å². The van der Waals surface area contributed by atoms with Crippen molar-refractivity contribution in [3.8, 4) is 6.07 Å². The minimum Gasteiger partial charge on any atom is -0.255 e. The maximum absolute atomic E-state index is 11.7. The van der Waals surface area contributed by atoms with E-state index in [1.165, 1.54) is 36.7 Å². The SMILES string of the molecule is CS(=O)(=O)c1ccc(C2=C(c3ccc(C#N)cn3)CC3(CCC3)C2)cc1. The highest BCUT2D eigenvalue weighted by Crippen LogP contribution is 2.59. The average molecular weight is 364 g/mol. The lowest BCUT2D eigenvalue weighted by atomic mass is 9.66. The number of nitrogens with zero attached hydrogens (tertiary/aromatic N) is 2. The van der Waals surface area contributed by atoms with Gasteiger partial charge in [-0.25, -0.2) is 8.42 Å². The summed E-state index contributed by atoms with van der Waals surface area (Å²) in [7, 11) is -3.19. The molecule has 2 aliphatic carbocycles. The smallest absolute Gasteiger partial charge is 0.175 e. The molecule has 0 amide bonds. The van der Waals surface area contributed by atoms with Crippen LogP contribution in [0.3, 0.4) is 0 Å². The van der Waals surface area contributed by atoms with Gasteiger partial charge in [0.1, 0.15) is 6.07 Å². The molecule has 0 radical (unpaired) electrons. The summed E-state index contributed by atoms with van der Waals surface area (Å²) >= 11 is 0. The third kappa shape index (κ3) is 2.95. The van der Waals surface area contributed by atoms with Crippen molar-refractivity contribution in [1.29, 1.82) is 5.26 Å². The molecule has 0 bridgehead atoms. The highest BCUT2D eigenvalue weighted by Gasteiger charge is 2.44. The van der Waals surface area contributed by atoms with Gasteiger partial charge < -0.3 is 0 Å². The summed E-state index contributed by atoms with van der Waals surface area (Å²) in [6, 6.07) is 13.0. The summed E-state index contributed by atoms with van der Waals surface area (Å²) < 4.78 is 23.4. The lowest BCUT2D eigenvalue weighted by Crippen LogP contribution is -2.26. The van der Waals surface area contributed by atoms with E-state index < -0.39 is 9.84 Å². The number of hydrogen-bond acceptors (Lipinski definition) is 4. The van der Waals surface area contributed by atoms with E-state index in [1.807, 2.05) is 24.3 Å². The van der Waals surface area contributed by atoms with Crippen LogP contribution in [0.4, 0.5) is 0 Å². The molecule has 0 saturated heterocycles. The first-order valence-corrected chi connectivity index (χ1v) is 10.7. The van der Waals surface area contributed by atoms with Crippen LogP contribution in [0.5, 0.6) is 0 Å². The van der Waals surface area contributed by atoms with Crippen LogP contribution in [0.1, 0.15) is 48.9 Å². The van der Waals surface area contributed by atoms with E-state index in [9.17, 15) is 8.42 Å². The van der Waals surface area contributed by atoms with Crippen molar-refractivity contribution in [2.45, 2.75) is 37.0 Å². The lowest BCUT2D eigenvalue weighted by molar-refractivity contribution is 0.157. The molecule has 4 rings (SSSR count). The summed E-state index contributed by atoms with van der Waals surface area (Å²) in [5.41, 5.74) is 5.40. The summed E-state index contributed by atoms with van der Waals surface area (Å²) in [5, 5.41) is 8.99. The number of hydrogen-bond donors (Lipinski definition) is 0. The van der Waals surface area contributed by atoms with Crippen molar-refractivity contribution in [3.63, 3.8) is 0 Å². The lowest BCUT2D eigenvalue weighted by Gasteiger charge is -2.39. The maximum atomic E-state index is 11.7. The zero-order valence-electron chi connectivity index (χ0n) is 14.7. The molecular formula is C21H20N2O2S. The van der Waals surface area contributed by atoms with Crippen molar-refractivity contribution in [3.05, 3.63) is 59.4 Å². The molecule has 4 nitrogen and oxygen atoms in total. The van der Waals surface area contributed by atoms with E-state index in [-0.39, 0.29) is 0 Å². The predicted molar refractivity (Wildman–Crippen MR) is 101 cm³/mol. The standard InChI is InChI=1S/C21H20N2O2S/c1-26(24,25)17-6-4-16(5-7-17)18-11-21(9-2-10-21)12-19(18)20-8-3-15(13-22)14-23-20/h3-8,14H,2,9-12H2,1H3. The first-order valence-electron chi connectivity index (χ1n) is 8.79. The second-order valence-corrected chi connectivity index (χ2v) is 9.52. The molecule has 1 spiro atoms. The van der Waals surface area contributed by atoms with Gasteiger partial charge in [0, 0.05) is 12.5 Å². The average Bonchev–Trinajstić information content (AvgIpc) is 3.03. The maximum Gasteiger partial charge on any atom is 0.175 e. The molecule has 0 aliphatic heterocycles. The van der Waals surface area contributed by atoms with Gasteiger partial charge >= 0.3 is 0 Å². The number of sulfone groups is 1. The Morgan fingerprint density at radius 2 is 1.73 bits per heavy atom. The number of rotatable bonds is 3. The van der Waals surface area contributed by atoms with E-state index in [2.05, 4.69) is 11.1 Å². The monoisotopic (exact) mass is 364 g/mol. The molecule has 26 heavy (non-hydrogen) atoms. The highest BCUT2D eigenvalue weighted by atomic mass is 32.2. The number of nitriles is 1. The van der Waals surface area contributed by atoms with Gasteiger partial charge in [0.05, 0.1) is 16.2 Å². The van der Waals surface area contributed by atoms with Crippen LogP contribution in [0, 0.1) is 16.7 Å². The third-order valence-corrected chi connectivity index (χ3v) is 6.84. The Kier molecular flexibility index (Phi) is 3.96. The van der Waals surface area contributed by atoms with Crippen molar-refractivity contribution < 1.29 is 8.42 Å². The Balaban J connectivity index is 1.77. The molecule has 1 saturated carbocycles. The molecule has 0 unspecified atom stereocenters. The molecule has 1 aromatic carbocycles. The summed E-state index contributed by atoms with van der Waals surface area (Å²) in [5.74, 6) is 0. The highest BCUT2D eigenvalue weighted by molar-refractivity contribution is 7.90. The van der Waals surface area contributed by atoms with E-state index in [1.54, 1.807) is 18.3 Å². The minimum atomic E-state index is -3.19. The molecule has 1 aromatic heterocycles. The van der Waals surface area contributed by atoms with Crippen molar-refractivity contribution >= 4 is 21.0 Å². The predicted octanol–water partition coefficient (Wildman–Crippen LogP) is 4.23. The summed E-state index contributed by atoms with van der Waals surface area (Å²) in [6.07, 6.45) is 8.62. The van der Waals surface area contributed by atoms with Crippen molar-refractivity contribution in [1.82, 2.24) is 4.98 Å². The van der Waals surface area contributed by atoms with E-state index in [0.29, 0.717) is 15.9 Å². The number of benzene rings is 1. The van der Waals surface area contributed by atoms with Crippen LogP contribution >= 0.6 is 0 Å². The number of pyridine rings is 1. The molecule has 0 N–H and O–H groups in total. The van der Waals surface area contributed by atoms with Crippen LogP contribution in [0.15, 0.2) is 47.5 Å². The second kappa shape index (κ2) is 6.07. The molecule has 0 atom stereocenters. The Morgan fingerprint density at radius 3 is 2.23 bits per heavy atom. The van der Waals surface area contributed by atoms with Crippen LogP contribution in [-0.2, 0) is 9.84 Å². The van der Waals surface area contributed by atoms with E-state index >= 15 is 0 Å². The molecular weight excluding hydrogens is 344 g/mol. The molecule has 1 fully saturated rings.